The minimum absolute atomic E-state index is 0.132. The summed E-state index contributed by atoms with van der Waals surface area (Å²) in [7, 11) is 0. The van der Waals surface area contributed by atoms with E-state index < -0.39 is 0 Å². The van der Waals surface area contributed by atoms with E-state index in [1.165, 1.54) is 0 Å². The lowest BCUT2D eigenvalue weighted by atomic mass is 10.1. The molecule has 68 valence electrons. The van der Waals surface area contributed by atoms with E-state index in [4.69, 9.17) is 0 Å². The number of hydrogen-bond donors (Lipinski definition) is 0. The first-order valence-corrected chi connectivity index (χ1v) is 4.57. The van der Waals surface area contributed by atoms with E-state index in [1.54, 1.807) is 13.0 Å². The summed E-state index contributed by atoms with van der Waals surface area (Å²) in [5.74, 6) is -0.132. The normalized spacial score (nSPS) is 16.0. The van der Waals surface area contributed by atoms with Crippen LogP contribution in [-0.2, 0) is 0 Å². The van der Waals surface area contributed by atoms with Crippen molar-refractivity contribution in [2.45, 2.75) is 19.8 Å². The van der Waals surface area contributed by atoms with Gasteiger partial charge in [-0.3, -0.25) is 4.99 Å². The molecule has 0 bridgehead atoms. The predicted molar refractivity (Wildman–Crippen MR) is 51.8 cm³/mol. The van der Waals surface area contributed by atoms with Crippen molar-refractivity contribution < 1.29 is 4.39 Å². The number of aliphatic imine (C=N–C) groups is 1. The Morgan fingerprint density at radius 3 is 2.85 bits per heavy atom. The van der Waals surface area contributed by atoms with Gasteiger partial charge in [0.15, 0.2) is 0 Å². The third kappa shape index (κ3) is 1.62. The van der Waals surface area contributed by atoms with E-state index in [0.29, 0.717) is 5.56 Å². The Kier molecular flexibility index (Phi) is 2.13. The van der Waals surface area contributed by atoms with Crippen molar-refractivity contribution >= 4 is 5.71 Å². The minimum Gasteiger partial charge on any atom is -0.289 e. The number of hydrogen-bond acceptors (Lipinski definition) is 1. The van der Waals surface area contributed by atoms with Gasteiger partial charge in [-0.1, -0.05) is 12.1 Å². The molecular weight excluding hydrogens is 165 g/mol. The number of benzene rings is 1. The minimum atomic E-state index is -0.132. The van der Waals surface area contributed by atoms with E-state index in [-0.39, 0.29) is 5.82 Å². The Hall–Kier alpha value is -1.18. The first-order valence-electron chi connectivity index (χ1n) is 4.57. The molecule has 0 saturated heterocycles. The van der Waals surface area contributed by atoms with E-state index in [1.807, 2.05) is 12.1 Å². The van der Waals surface area contributed by atoms with Gasteiger partial charge in [0.25, 0.3) is 0 Å². The first-order chi connectivity index (χ1) is 6.27. The predicted octanol–water partition coefficient (Wildman–Crippen LogP) is 2.72. The second-order valence-corrected chi connectivity index (χ2v) is 3.40. The van der Waals surface area contributed by atoms with Gasteiger partial charge >= 0.3 is 0 Å². The van der Waals surface area contributed by atoms with Gasteiger partial charge in [0.05, 0.1) is 0 Å². The molecule has 1 aromatic rings. The van der Waals surface area contributed by atoms with Crippen LogP contribution in [0.25, 0.3) is 0 Å². The molecule has 2 heteroatoms. The molecule has 1 aromatic carbocycles. The molecule has 0 N–H and O–H groups in total. The molecule has 1 aliphatic heterocycles. The van der Waals surface area contributed by atoms with Gasteiger partial charge in [0.2, 0.25) is 0 Å². The average Bonchev–Trinajstić information content (AvgIpc) is 2.62. The van der Waals surface area contributed by atoms with Gasteiger partial charge in [-0.2, -0.15) is 0 Å². The molecule has 0 spiro atoms. The van der Waals surface area contributed by atoms with E-state index in [2.05, 4.69) is 4.99 Å². The van der Waals surface area contributed by atoms with Gasteiger partial charge < -0.3 is 0 Å². The van der Waals surface area contributed by atoms with Crippen LogP contribution in [-0.4, -0.2) is 12.3 Å². The van der Waals surface area contributed by atoms with Gasteiger partial charge in [0.1, 0.15) is 5.82 Å². The lowest BCUT2D eigenvalue weighted by Gasteiger charge is -2.02. The largest absolute Gasteiger partial charge is 0.289 e. The molecule has 13 heavy (non-hydrogen) atoms. The van der Waals surface area contributed by atoms with Crippen molar-refractivity contribution in [3.05, 3.63) is 35.1 Å². The zero-order valence-electron chi connectivity index (χ0n) is 7.68. The topological polar surface area (TPSA) is 12.4 Å². The molecule has 0 radical (unpaired) electrons. The Morgan fingerprint density at radius 2 is 2.23 bits per heavy atom. The fourth-order valence-electron chi connectivity index (χ4n) is 1.55. The van der Waals surface area contributed by atoms with Crippen LogP contribution in [0.3, 0.4) is 0 Å². The molecule has 0 fully saturated rings. The van der Waals surface area contributed by atoms with Crippen LogP contribution in [0.2, 0.25) is 0 Å². The maximum atomic E-state index is 13.2. The maximum Gasteiger partial charge on any atom is 0.126 e. The highest BCUT2D eigenvalue weighted by Crippen LogP contribution is 2.15. The van der Waals surface area contributed by atoms with Crippen LogP contribution < -0.4 is 0 Å². The number of aryl methyl sites for hydroxylation is 1. The summed E-state index contributed by atoms with van der Waals surface area (Å²) in [4.78, 5) is 4.33. The summed E-state index contributed by atoms with van der Waals surface area (Å²) >= 11 is 0. The molecule has 0 atom stereocenters. The van der Waals surface area contributed by atoms with Crippen LogP contribution in [0.5, 0.6) is 0 Å². The molecule has 0 aromatic heterocycles. The highest BCUT2D eigenvalue weighted by atomic mass is 19.1. The molecule has 0 unspecified atom stereocenters. The number of halogens is 1. The summed E-state index contributed by atoms with van der Waals surface area (Å²) < 4.78 is 13.2. The number of nitrogens with zero attached hydrogens (tertiary/aromatic N) is 1. The smallest absolute Gasteiger partial charge is 0.126 e. The van der Waals surface area contributed by atoms with Crippen LogP contribution in [0, 0.1) is 12.7 Å². The fourth-order valence-corrected chi connectivity index (χ4v) is 1.55. The quantitative estimate of drug-likeness (QED) is 0.625. The second-order valence-electron chi connectivity index (χ2n) is 3.40. The highest BCUT2D eigenvalue weighted by Gasteiger charge is 2.09. The monoisotopic (exact) mass is 177 g/mol. The van der Waals surface area contributed by atoms with E-state index in [9.17, 15) is 4.39 Å². The van der Waals surface area contributed by atoms with Gasteiger partial charge in [-0.15, -0.1) is 0 Å². The highest BCUT2D eigenvalue weighted by molar-refractivity contribution is 6.01. The van der Waals surface area contributed by atoms with Gasteiger partial charge in [-0.05, 0) is 37.0 Å². The average molecular weight is 177 g/mol. The summed E-state index contributed by atoms with van der Waals surface area (Å²) in [6.45, 7) is 2.67. The second kappa shape index (κ2) is 3.29. The molecular formula is C11H12FN. The van der Waals surface area contributed by atoms with Gasteiger partial charge in [-0.25, -0.2) is 4.39 Å². The first kappa shape index (κ1) is 8.42. The van der Waals surface area contributed by atoms with E-state index in [0.717, 1.165) is 30.7 Å². The third-order valence-electron chi connectivity index (χ3n) is 2.38. The van der Waals surface area contributed by atoms with Crippen molar-refractivity contribution in [1.29, 1.82) is 0 Å². The Labute approximate surface area is 77.3 Å². The Balaban J connectivity index is 2.36. The zero-order chi connectivity index (χ0) is 9.26. The van der Waals surface area contributed by atoms with Crippen molar-refractivity contribution in [3.8, 4) is 0 Å². The van der Waals surface area contributed by atoms with Crippen molar-refractivity contribution in [1.82, 2.24) is 0 Å². The fraction of sp³-hybridized carbons (Fsp3) is 0.364. The summed E-state index contributed by atoms with van der Waals surface area (Å²) in [5.41, 5.74) is 2.70. The van der Waals surface area contributed by atoms with Gasteiger partial charge in [0, 0.05) is 12.3 Å². The van der Waals surface area contributed by atoms with Crippen molar-refractivity contribution in [3.63, 3.8) is 0 Å². The van der Waals surface area contributed by atoms with Crippen LogP contribution in [0.15, 0.2) is 23.2 Å². The Bertz CT molecular complexity index is 355. The molecule has 0 aliphatic carbocycles. The lowest BCUT2D eigenvalue weighted by molar-refractivity contribution is 0.618. The van der Waals surface area contributed by atoms with Crippen molar-refractivity contribution in [2.24, 2.45) is 4.99 Å². The lowest BCUT2D eigenvalue weighted by Crippen LogP contribution is -1.97. The van der Waals surface area contributed by atoms with E-state index >= 15 is 0 Å². The Morgan fingerprint density at radius 1 is 1.38 bits per heavy atom. The SMILES string of the molecule is Cc1ccc(C2=NCCC2)cc1F. The third-order valence-corrected chi connectivity index (χ3v) is 2.38. The molecule has 2 rings (SSSR count). The standard InChI is InChI=1S/C11H12FN/c1-8-4-5-9(7-10(8)12)11-3-2-6-13-11/h4-5,7H,2-3,6H2,1H3. The molecule has 0 saturated carbocycles. The number of rotatable bonds is 1. The molecule has 1 heterocycles. The molecule has 1 nitrogen and oxygen atoms in total. The summed E-state index contributed by atoms with van der Waals surface area (Å²) in [6.07, 6.45) is 2.09. The summed E-state index contributed by atoms with van der Waals surface area (Å²) in [6, 6.07) is 5.34. The van der Waals surface area contributed by atoms with Crippen LogP contribution >= 0.6 is 0 Å². The maximum absolute atomic E-state index is 13.2. The molecule has 1 aliphatic rings. The molecule has 0 amide bonds. The van der Waals surface area contributed by atoms with Crippen LogP contribution in [0.1, 0.15) is 24.0 Å². The summed E-state index contributed by atoms with van der Waals surface area (Å²) in [5, 5.41) is 0. The zero-order valence-corrected chi connectivity index (χ0v) is 7.68. The van der Waals surface area contributed by atoms with Crippen LogP contribution in [0.4, 0.5) is 4.39 Å². The van der Waals surface area contributed by atoms with Crippen molar-refractivity contribution in [2.75, 3.05) is 6.54 Å².